The van der Waals surface area contributed by atoms with Gasteiger partial charge in [-0.25, -0.2) is 27.5 Å². The largest absolute Gasteiger partial charge is 0.437 e. The monoisotopic (exact) mass is 1290 g/mol. The van der Waals surface area contributed by atoms with E-state index in [1.54, 1.807) is 0 Å². The van der Waals surface area contributed by atoms with Crippen molar-refractivity contribution in [2.75, 3.05) is 0 Å². The van der Waals surface area contributed by atoms with Gasteiger partial charge in [0.05, 0.1) is 42.9 Å². The van der Waals surface area contributed by atoms with Crippen LogP contribution in [0.1, 0.15) is 106 Å². The number of rotatable bonds is 8. The van der Waals surface area contributed by atoms with Gasteiger partial charge in [0.15, 0.2) is 22.1 Å². The van der Waals surface area contributed by atoms with Gasteiger partial charge in [-0.3, -0.25) is 0 Å². The van der Waals surface area contributed by atoms with E-state index in [9.17, 15) is 8.78 Å². The number of hydrogen-bond donors (Lipinski definition) is 0. The molecule has 14 aromatic rings. The summed E-state index contributed by atoms with van der Waals surface area (Å²) >= 11 is 0. The molecule has 0 saturated heterocycles. The molecule has 492 valence electrons. The molecule has 6 aromatic heterocycles. The van der Waals surface area contributed by atoms with Gasteiger partial charge in [-0.2, -0.15) is 4.57 Å². The molecule has 0 spiro atoms. The van der Waals surface area contributed by atoms with Crippen LogP contribution in [-0.2, 0) is 41.0 Å². The fraction of sp³-hybridized carbons (Fsp3) is 0.279. The Kier molecular flexibility index (Phi) is 19.7. The highest BCUT2D eigenvalue weighted by Gasteiger charge is 2.27. The van der Waals surface area contributed by atoms with Crippen LogP contribution in [0, 0.1) is 107 Å². The molecule has 0 unspecified atom stereocenters. The number of pyridine rings is 2. The number of aryl methyl sites for hydroxylation is 10. The minimum atomic E-state index is -0.114. The lowest BCUT2D eigenvalue weighted by molar-refractivity contribution is -0.662. The Bertz CT molecular complexity index is 5410. The zero-order valence-electron chi connectivity index (χ0n) is 60.3. The van der Waals surface area contributed by atoms with Crippen LogP contribution in [0.15, 0.2) is 163 Å². The summed E-state index contributed by atoms with van der Waals surface area (Å²) in [4.78, 5) is 18.2. The van der Waals surface area contributed by atoms with Crippen molar-refractivity contribution in [1.29, 1.82) is 0 Å². The molecule has 97 heavy (non-hydrogen) atoms. The summed E-state index contributed by atoms with van der Waals surface area (Å²) in [5.41, 5.74) is 29.9. The summed E-state index contributed by atoms with van der Waals surface area (Å²) in [7, 11) is 8.20. The molecule has 0 atom stereocenters. The number of para-hydroxylation sites is 2. The fourth-order valence-electron chi connectivity index (χ4n) is 13.9. The van der Waals surface area contributed by atoms with Gasteiger partial charge in [0.1, 0.15) is 35.8 Å². The SMILES string of the molecule is Cc1cc(-c2c3ccc(CC(C)C)cc3nc[n+]2C)c(C)c(C)c1F.Cc1cc(-c2c3ccccc3nc[n+]2C)c(C)c(C)c1F.Cc1cc(C)c(C)c(-c2c3ccccc3nc[n+]2C)c1.Cc1ccc2c(n1)oc1c(-c3ccc4c(CC(C)C)cccc4[n+]3C)c(C)c(C)cc12. The first-order valence-electron chi connectivity index (χ1n) is 33.8. The zero-order chi connectivity index (χ0) is 69.6. The van der Waals surface area contributed by atoms with E-state index < -0.39 is 0 Å². The third kappa shape index (κ3) is 13.5. The van der Waals surface area contributed by atoms with Crippen molar-refractivity contribution in [3.8, 4) is 45.0 Å². The molecule has 0 saturated carbocycles. The Morgan fingerprint density at radius 3 is 1.46 bits per heavy atom. The van der Waals surface area contributed by atoms with Crippen molar-refractivity contribution in [1.82, 2.24) is 19.9 Å². The van der Waals surface area contributed by atoms with Crippen molar-refractivity contribution in [3.05, 3.63) is 248 Å². The molecule has 0 aliphatic heterocycles. The Balaban J connectivity index is 0.000000133. The quantitative estimate of drug-likeness (QED) is 0.142. The van der Waals surface area contributed by atoms with Gasteiger partial charge in [0.25, 0.3) is 19.0 Å². The van der Waals surface area contributed by atoms with Crippen LogP contribution in [0.5, 0.6) is 0 Å². The lowest BCUT2D eigenvalue weighted by Gasteiger charge is -2.14. The third-order valence-corrected chi connectivity index (χ3v) is 19.5. The average molecular weight is 1290 g/mol. The van der Waals surface area contributed by atoms with Crippen LogP contribution in [0.25, 0.3) is 111 Å². The molecule has 14 rings (SSSR count). The van der Waals surface area contributed by atoms with Gasteiger partial charge in [0, 0.05) is 50.7 Å². The Morgan fingerprint density at radius 1 is 0.412 bits per heavy atom. The molecule has 0 fully saturated rings. The molecule has 0 radical (unpaired) electrons. The Labute approximate surface area is 570 Å². The molecule has 8 aromatic carbocycles. The van der Waals surface area contributed by atoms with Crippen LogP contribution < -0.4 is 18.3 Å². The highest BCUT2D eigenvalue weighted by Crippen LogP contribution is 2.40. The van der Waals surface area contributed by atoms with E-state index in [1.165, 1.54) is 66.5 Å². The second-order valence-electron chi connectivity index (χ2n) is 27.7. The van der Waals surface area contributed by atoms with Gasteiger partial charge in [-0.15, -0.1) is 0 Å². The molecule has 0 bridgehead atoms. The lowest BCUT2D eigenvalue weighted by atomic mass is 9.94. The summed E-state index contributed by atoms with van der Waals surface area (Å²) in [6.07, 6.45) is 7.69. The predicted octanol–water partition coefficient (Wildman–Crippen LogP) is 19.2. The number of fused-ring (bicyclic) bond motifs is 7. The van der Waals surface area contributed by atoms with Crippen LogP contribution in [0.4, 0.5) is 8.78 Å². The normalized spacial score (nSPS) is 11.5. The van der Waals surface area contributed by atoms with Gasteiger partial charge in [-0.1, -0.05) is 81.8 Å². The fourth-order valence-corrected chi connectivity index (χ4v) is 13.9. The van der Waals surface area contributed by atoms with Crippen molar-refractivity contribution in [2.24, 2.45) is 40.0 Å². The third-order valence-electron chi connectivity index (χ3n) is 19.5. The highest BCUT2D eigenvalue weighted by atomic mass is 19.1. The average Bonchev–Trinajstić information content (AvgIpc) is 1.75. The molecule has 6 heterocycles. The minimum absolute atomic E-state index is 0.110. The second-order valence-corrected chi connectivity index (χ2v) is 27.7. The highest BCUT2D eigenvalue weighted by molar-refractivity contribution is 6.09. The number of halogens is 2. The first kappa shape index (κ1) is 68.4. The summed E-state index contributed by atoms with van der Waals surface area (Å²) in [6, 6.07) is 48.9. The summed E-state index contributed by atoms with van der Waals surface area (Å²) < 4.78 is 43.2. The maximum absolute atomic E-state index is 14.3. The second kappa shape index (κ2) is 28.0. The van der Waals surface area contributed by atoms with Gasteiger partial charge in [0.2, 0.25) is 16.9 Å². The number of hydrogen-bond acceptors (Lipinski definition) is 5. The molecular formula is C86H92F2N8O+4. The molecule has 0 N–H and O–H groups in total. The van der Waals surface area contributed by atoms with E-state index in [1.807, 2.05) is 127 Å². The van der Waals surface area contributed by atoms with Crippen molar-refractivity contribution in [2.45, 2.75) is 124 Å². The van der Waals surface area contributed by atoms with E-state index in [-0.39, 0.29) is 11.6 Å². The molecule has 9 nitrogen and oxygen atoms in total. The smallest absolute Gasteiger partial charge is 0.287 e. The topological polar surface area (TPSA) is 80.2 Å². The van der Waals surface area contributed by atoms with E-state index in [0.29, 0.717) is 34.2 Å². The first-order chi connectivity index (χ1) is 46.2. The molecule has 11 heteroatoms. The van der Waals surface area contributed by atoms with Gasteiger partial charge in [-0.05, 0) is 268 Å². The molecule has 0 amide bonds. The van der Waals surface area contributed by atoms with E-state index in [0.717, 1.165) is 113 Å². The van der Waals surface area contributed by atoms with E-state index in [4.69, 9.17) is 4.42 Å². The standard InChI is InChI=1S/C28H29N2O.C22H26FN2.C18H18FN2.C18H19N2/c1-16(2)14-20-8-7-9-24-21(20)12-13-25(30(24)6)26-19(5)17(3)15-23-22-11-10-18(4)29-28(22)31-27(23)26;1-13(2)9-17-7-8-18-20(11-17)24-12-25(6)22(18)19-10-14(3)21(23)16(5)15(19)4;1-11-9-15(12(2)13(3)17(11)19)18-14-7-5-6-8-16(14)20-10-21(18)4;1-12-9-13(2)14(3)16(10-12)18-15-7-5-6-8-17(15)19-11-20(18)4/h7-13,15-16H,14H2,1-6H3;7-8,10-13H,9H2,1-6H3;5-10H,1-4H3;5-11H,1-4H3/q4*+1. The van der Waals surface area contributed by atoms with E-state index >= 15 is 0 Å². The maximum atomic E-state index is 14.3. The summed E-state index contributed by atoms with van der Waals surface area (Å²) in [5.74, 6) is 1.01. The van der Waals surface area contributed by atoms with E-state index in [2.05, 4.69) is 209 Å². The van der Waals surface area contributed by atoms with Crippen LogP contribution in [0.3, 0.4) is 0 Å². The Morgan fingerprint density at radius 2 is 0.907 bits per heavy atom. The molecule has 0 aliphatic carbocycles. The number of benzene rings is 8. The molecule has 0 aliphatic rings. The summed E-state index contributed by atoms with van der Waals surface area (Å²) in [6.45, 7) is 33.2. The Hall–Kier alpha value is -10.0. The molecular weight excluding hydrogens is 1200 g/mol. The van der Waals surface area contributed by atoms with Crippen molar-refractivity contribution < 1.29 is 31.5 Å². The number of aromatic nitrogens is 8. The summed E-state index contributed by atoms with van der Waals surface area (Å²) in [5, 5.41) is 6.92. The minimum Gasteiger partial charge on any atom is -0.437 e. The van der Waals surface area contributed by atoms with Crippen molar-refractivity contribution >= 4 is 65.7 Å². The number of nitrogens with zero attached hydrogens (tertiary/aromatic N) is 8. The van der Waals surface area contributed by atoms with Crippen LogP contribution in [0.2, 0.25) is 0 Å². The predicted molar refractivity (Wildman–Crippen MR) is 395 cm³/mol. The van der Waals surface area contributed by atoms with Gasteiger partial charge < -0.3 is 4.42 Å². The lowest BCUT2D eigenvalue weighted by Crippen LogP contribution is -2.32. The van der Waals surface area contributed by atoms with Crippen molar-refractivity contribution in [3.63, 3.8) is 0 Å². The first-order valence-corrected chi connectivity index (χ1v) is 33.8. The number of furan rings is 1. The zero-order valence-corrected chi connectivity index (χ0v) is 60.3. The van der Waals surface area contributed by atoms with Gasteiger partial charge >= 0.3 is 0 Å². The maximum Gasteiger partial charge on any atom is 0.287 e. The van der Waals surface area contributed by atoms with Crippen LogP contribution >= 0.6 is 0 Å². The van der Waals surface area contributed by atoms with Crippen LogP contribution in [-0.4, -0.2) is 19.9 Å².